The van der Waals surface area contributed by atoms with Crippen molar-refractivity contribution in [2.24, 2.45) is 0 Å². The van der Waals surface area contributed by atoms with E-state index in [1.165, 1.54) is 6.21 Å². The molecule has 1 heterocycles. The van der Waals surface area contributed by atoms with E-state index in [1.807, 2.05) is 6.92 Å². The topological polar surface area (TPSA) is 49.6 Å². The van der Waals surface area contributed by atoms with Crippen LogP contribution >= 0.6 is 0 Å². The lowest BCUT2D eigenvalue weighted by atomic mass is 10.4. The van der Waals surface area contributed by atoms with Crippen molar-refractivity contribution in [3.63, 3.8) is 0 Å². The highest BCUT2D eigenvalue weighted by Crippen LogP contribution is 1.89. The minimum atomic E-state index is 0.606. The molecule has 3 nitrogen and oxygen atoms in total. The molecule has 0 aliphatic heterocycles. The maximum Gasteiger partial charge on any atom is 0.0991 e. The zero-order valence-electron chi connectivity index (χ0n) is 5.13. The third-order valence-corrected chi connectivity index (χ3v) is 0.922. The van der Waals surface area contributed by atoms with Gasteiger partial charge < -0.3 is 5.41 Å². The predicted octanol–water partition coefficient (Wildman–Crippen LogP) is 0.783. The minimum Gasteiger partial charge on any atom is -0.306 e. The molecule has 0 bridgehead atoms. The molecule has 0 atom stereocenters. The molecule has 0 radical (unpaired) electrons. The Hall–Kier alpha value is -1.25. The normalized spacial score (nSPS) is 9.00. The van der Waals surface area contributed by atoms with Crippen LogP contribution in [0, 0.1) is 12.3 Å². The Bertz CT molecular complexity index is 219. The van der Waals surface area contributed by atoms with Gasteiger partial charge in [0.1, 0.15) is 0 Å². The van der Waals surface area contributed by atoms with Crippen LogP contribution in [0.2, 0.25) is 0 Å². The summed E-state index contributed by atoms with van der Waals surface area (Å²) >= 11 is 0. The van der Waals surface area contributed by atoms with Crippen molar-refractivity contribution >= 4 is 6.21 Å². The summed E-state index contributed by atoms with van der Waals surface area (Å²) in [5, 5.41) is 6.81. The van der Waals surface area contributed by atoms with Gasteiger partial charge in [0, 0.05) is 12.4 Å². The van der Waals surface area contributed by atoms with E-state index in [2.05, 4.69) is 9.97 Å². The lowest BCUT2D eigenvalue weighted by molar-refractivity contribution is 1.10. The van der Waals surface area contributed by atoms with Crippen molar-refractivity contribution in [3.8, 4) is 0 Å². The summed E-state index contributed by atoms with van der Waals surface area (Å²) in [6, 6.07) is 0. The first-order valence-electron chi connectivity index (χ1n) is 2.62. The fourth-order valence-corrected chi connectivity index (χ4v) is 0.552. The van der Waals surface area contributed by atoms with E-state index >= 15 is 0 Å². The van der Waals surface area contributed by atoms with Crippen LogP contribution in [0.1, 0.15) is 11.4 Å². The largest absolute Gasteiger partial charge is 0.306 e. The van der Waals surface area contributed by atoms with Gasteiger partial charge in [0.05, 0.1) is 17.6 Å². The summed E-state index contributed by atoms with van der Waals surface area (Å²) in [6.45, 7) is 1.85. The van der Waals surface area contributed by atoms with Crippen LogP contribution in [0.15, 0.2) is 12.4 Å². The van der Waals surface area contributed by atoms with Gasteiger partial charge >= 0.3 is 0 Å². The second-order valence-electron chi connectivity index (χ2n) is 1.73. The average molecular weight is 121 g/mol. The number of hydrogen-bond donors (Lipinski definition) is 1. The number of aryl methyl sites for hydroxylation is 1. The van der Waals surface area contributed by atoms with E-state index in [9.17, 15) is 0 Å². The van der Waals surface area contributed by atoms with Gasteiger partial charge in [-0.05, 0) is 6.92 Å². The predicted molar refractivity (Wildman–Crippen MR) is 34.7 cm³/mol. The second-order valence-corrected chi connectivity index (χ2v) is 1.73. The molecule has 0 spiro atoms. The number of hydrogen-bond acceptors (Lipinski definition) is 3. The molecular weight excluding hydrogens is 114 g/mol. The van der Waals surface area contributed by atoms with E-state index < -0.39 is 0 Å². The van der Waals surface area contributed by atoms with Gasteiger partial charge in [0.2, 0.25) is 0 Å². The average Bonchev–Trinajstić information content (AvgIpc) is 1.88. The summed E-state index contributed by atoms with van der Waals surface area (Å²) in [5.74, 6) is 0. The molecule has 3 heteroatoms. The Labute approximate surface area is 53.3 Å². The van der Waals surface area contributed by atoms with Crippen LogP contribution < -0.4 is 0 Å². The maximum atomic E-state index is 6.81. The summed E-state index contributed by atoms with van der Waals surface area (Å²) in [5.41, 5.74) is 1.45. The Morgan fingerprint density at radius 2 is 2.33 bits per heavy atom. The van der Waals surface area contributed by atoms with Crippen molar-refractivity contribution in [3.05, 3.63) is 23.8 Å². The molecule has 0 fully saturated rings. The third-order valence-electron chi connectivity index (χ3n) is 0.922. The fourth-order valence-electron chi connectivity index (χ4n) is 0.552. The molecule has 1 N–H and O–H groups in total. The highest BCUT2D eigenvalue weighted by Gasteiger charge is 1.87. The Morgan fingerprint density at radius 1 is 1.56 bits per heavy atom. The molecule has 0 unspecified atom stereocenters. The van der Waals surface area contributed by atoms with E-state index in [-0.39, 0.29) is 0 Å². The van der Waals surface area contributed by atoms with Crippen LogP contribution in [-0.2, 0) is 0 Å². The van der Waals surface area contributed by atoms with Gasteiger partial charge in [0.15, 0.2) is 0 Å². The smallest absolute Gasteiger partial charge is 0.0991 e. The van der Waals surface area contributed by atoms with Crippen molar-refractivity contribution in [1.29, 1.82) is 5.41 Å². The van der Waals surface area contributed by atoms with Gasteiger partial charge in [0.25, 0.3) is 0 Å². The molecule has 0 amide bonds. The second kappa shape index (κ2) is 2.35. The van der Waals surface area contributed by atoms with Crippen molar-refractivity contribution in [2.45, 2.75) is 6.92 Å². The molecule has 0 aromatic carbocycles. The molecule has 46 valence electrons. The highest BCUT2D eigenvalue weighted by atomic mass is 14.8. The summed E-state index contributed by atoms with van der Waals surface area (Å²) in [6.07, 6.45) is 4.40. The van der Waals surface area contributed by atoms with Gasteiger partial charge in [-0.15, -0.1) is 0 Å². The number of nitrogens with zero attached hydrogens (tertiary/aromatic N) is 2. The van der Waals surface area contributed by atoms with Crippen molar-refractivity contribution in [1.82, 2.24) is 9.97 Å². The van der Waals surface area contributed by atoms with E-state index in [0.717, 1.165) is 5.69 Å². The van der Waals surface area contributed by atoms with Crippen LogP contribution in [0.5, 0.6) is 0 Å². The molecular formula is C6H7N3. The molecule has 0 saturated carbocycles. The van der Waals surface area contributed by atoms with Gasteiger partial charge in [-0.3, -0.25) is 4.98 Å². The molecule has 1 aromatic heterocycles. The van der Waals surface area contributed by atoms with Crippen LogP contribution in [0.4, 0.5) is 0 Å². The Balaban J connectivity index is 3.07. The first kappa shape index (κ1) is 5.88. The molecule has 1 rings (SSSR count). The van der Waals surface area contributed by atoms with E-state index in [1.54, 1.807) is 12.4 Å². The quantitative estimate of drug-likeness (QED) is 0.558. The Kier molecular flexibility index (Phi) is 1.53. The fraction of sp³-hybridized carbons (Fsp3) is 0.167. The molecule has 0 saturated heterocycles. The van der Waals surface area contributed by atoms with Crippen molar-refractivity contribution in [2.75, 3.05) is 0 Å². The van der Waals surface area contributed by atoms with E-state index in [4.69, 9.17) is 5.41 Å². The first-order valence-corrected chi connectivity index (χ1v) is 2.62. The number of aromatic nitrogens is 2. The highest BCUT2D eigenvalue weighted by molar-refractivity contribution is 5.73. The standard InChI is InChI=1S/C6H7N3/c1-5-3-8-4-6(2-7)9-5/h2-4,7H,1H3. The summed E-state index contributed by atoms with van der Waals surface area (Å²) in [7, 11) is 0. The van der Waals surface area contributed by atoms with Crippen LogP contribution in [-0.4, -0.2) is 16.2 Å². The zero-order valence-corrected chi connectivity index (χ0v) is 5.13. The SMILES string of the molecule is Cc1cncc(C=N)n1. The van der Waals surface area contributed by atoms with Crippen LogP contribution in [0.3, 0.4) is 0 Å². The minimum absolute atomic E-state index is 0.606. The summed E-state index contributed by atoms with van der Waals surface area (Å²) in [4.78, 5) is 7.83. The van der Waals surface area contributed by atoms with Crippen LogP contribution in [0.25, 0.3) is 0 Å². The molecule has 0 aliphatic carbocycles. The van der Waals surface area contributed by atoms with Crippen molar-refractivity contribution < 1.29 is 0 Å². The molecule has 9 heavy (non-hydrogen) atoms. The summed E-state index contributed by atoms with van der Waals surface area (Å²) < 4.78 is 0. The first-order chi connectivity index (χ1) is 4.33. The van der Waals surface area contributed by atoms with E-state index in [0.29, 0.717) is 5.69 Å². The number of nitrogens with one attached hydrogen (secondary N) is 1. The third kappa shape index (κ3) is 1.32. The Morgan fingerprint density at radius 3 is 2.78 bits per heavy atom. The maximum absolute atomic E-state index is 6.81. The molecule has 1 aromatic rings. The zero-order chi connectivity index (χ0) is 6.69. The number of rotatable bonds is 1. The monoisotopic (exact) mass is 121 g/mol. The molecule has 0 aliphatic rings. The van der Waals surface area contributed by atoms with Gasteiger partial charge in [-0.1, -0.05) is 0 Å². The lowest BCUT2D eigenvalue weighted by Gasteiger charge is -1.89. The van der Waals surface area contributed by atoms with Gasteiger partial charge in [-0.2, -0.15) is 0 Å². The lowest BCUT2D eigenvalue weighted by Crippen LogP contribution is -1.89. The van der Waals surface area contributed by atoms with Gasteiger partial charge in [-0.25, -0.2) is 4.98 Å².